The van der Waals surface area contributed by atoms with E-state index in [1.54, 1.807) is 12.1 Å². The quantitative estimate of drug-likeness (QED) is 0.650. The lowest BCUT2D eigenvalue weighted by Crippen LogP contribution is -2.07. The molecule has 2 aromatic rings. The predicted molar refractivity (Wildman–Crippen MR) is 78.0 cm³/mol. The summed E-state index contributed by atoms with van der Waals surface area (Å²) in [6.07, 6.45) is -4.36. The van der Waals surface area contributed by atoms with Crippen molar-refractivity contribution >= 4 is 27.4 Å². The molecule has 0 radical (unpaired) electrons. The standard InChI is InChI=1S/C15H11BrF3NO/c16-13-6-5-11(20)8-12(13)14(21)7-9-1-3-10(4-2-9)15(17,18)19/h1-6,8H,7,20H2. The molecular formula is C15H11BrF3NO. The molecule has 0 aliphatic heterocycles. The van der Waals surface area contributed by atoms with Crippen LogP contribution >= 0.6 is 15.9 Å². The second-order valence-electron chi connectivity index (χ2n) is 4.53. The zero-order valence-electron chi connectivity index (χ0n) is 10.7. The molecule has 2 aromatic carbocycles. The lowest BCUT2D eigenvalue weighted by atomic mass is 10.0. The van der Waals surface area contributed by atoms with E-state index >= 15 is 0 Å². The topological polar surface area (TPSA) is 43.1 Å². The third kappa shape index (κ3) is 3.85. The van der Waals surface area contributed by atoms with Gasteiger partial charge in [0.2, 0.25) is 0 Å². The second-order valence-corrected chi connectivity index (χ2v) is 5.39. The van der Waals surface area contributed by atoms with Crippen molar-refractivity contribution in [3.8, 4) is 0 Å². The number of carbonyl (C=O) groups excluding carboxylic acids is 1. The van der Waals surface area contributed by atoms with E-state index in [2.05, 4.69) is 15.9 Å². The van der Waals surface area contributed by atoms with Crippen molar-refractivity contribution in [2.45, 2.75) is 12.6 Å². The van der Waals surface area contributed by atoms with Crippen molar-refractivity contribution < 1.29 is 18.0 Å². The molecule has 6 heteroatoms. The second kappa shape index (κ2) is 5.89. The lowest BCUT2D eigenvalue weighted by molar-refractivity contribution is -0.137. The highest BCUT2D eigenvalue weighted by atomic mass is 79.9. The first-order valence-corrected chi connectivity index (χ1v) is 6.81. The number of carbonyl (C=O) groups is 1. The molecule has 0 unspecified atom stereocenters. The predicted octanol–water partition coefficient (Wildman–Crippen LogP) is 4.48. The molecule has 110 valence electrons. The fraction of sp³-hybridized carbons (Fsp3) is 0.133. The van der Waals surface area contributed by atoms with Gasteiger partial charge in [-0.25, -0.2) is 0 Å². The maximum absolute atomic E-state index is 12.5. The van der Waals surface area contributed by atoms with Crippen LogP contribution in [0.3, 0.4) is 0 Å². The first kappa shape index (κ1) is 15.6. The molecule has 0 saturated carbocycles. The normalized spacial score (nSPS) is 11.4. The smallest absolute Gasteiger partial charge is 0.399 e. The Hall–Kier alpha value is -1.82. The number of hydrogen-bond acceptors (Lipinski definition) is 2. The first-order chi connectivity index (χ1) is 9.77. The van der Waals surface area contributed by atoms with Gasteiger partial charge in [0.15, 0.2) is 5.78 Å². The molecule has 0 saturated heterocycles. The van der Waals surface area contributed by atoms with Crippen LogP contribution in [0.5, 0.6) is 0 Å². The van der Waals surface area contributed by atoms with E-state index in [0.717, 1.165) is 12.1 Å². The lowest BCUT2D eigenvalue weighted by Gasteiger charge is -2.08. The zero-order valence-corrected chi connectivity index (χ0v) is 12.3. The molecule has 2 N–H and O–H groups in total. The Morgan fingerprint density at radius 3 is 2.29 bits per heavy atom. The van der Waals surface area contributed by atoms with Gasteiger partial charge in [-0.15, -0.1) is 0 Å². The summed E-state index contributed by atoms with van der Waals surface area (Å²) in [6, 6.07) is 9.40. The summed E-state index contributed by atoms with van der Waals surface area (Å²) in [5.74, 6) is -0.214. The van der Waals surface area contributed by atoms with E-state index in [1.165, 1.54) is 18.2 Å². The number of Topliss-reactive ketones (excluding diaryl/α,β-unsaturated/α-hetero) is 1. The molecule has 0 aromatic heterocycles. The number of benzene rings is 2. The fourth-order valence-corrected chi connectivity index (χ4v) is 2.32. The van der Waals surface area contributed by atoms with E-state index in [9.17, 15) is 18.0 Å². The number of hydrogen-bond donors (Lipinski definition) is 1. The van der Waals surface area contributed by atoms with Gasteiger partial charge in [-0.3, -0.25) is 4.79 Å². The van der Waals surface area contributed by atoms with Crippen molar-refractivity contribution in [1.82, 2.24) is 0 Å². The Bertz CT molecular complexity index is 666. The minimum Gasteiger partial charge on any atom is -0.399 e. The monoisotopic (exact) mass is 357 g/mol. The van der Waals surface area contributed by atoms with Crippen LogP contribution in [0.25, 0.3) is 0 Å². The number of halogens is 4. The van der Waals surface area contributed by atoms with E-state index in [4.69, 9.17) is 5.73 Å². The highest BCUT2D eigenvalue weighted by Gasteiger charge is 2.30. The summed E-state index contributed by atoms with van der Waals surface area (Å²) in [5.41, 5.74) is 6.28. The van der Waals surface area contributed by atoms with Gasteiger partial charge in [-0.1, -0.05) is 28.1 Å². The third-order valence-electron chi connectivity index (χ3n) is 2.94. The van der Waals surface area contributed by atoms with Crippen molar-refractivity contribution in [3.05, 3.63) is 63.6 Å². The molecule has 0 bridgehead atoms. The summed E-state index contributed by atoms with van der Waals surface area (Å²) >= 11 is 3.26. The Labute approximate surface area is 127 Å². The van der Waals surface area contributed by atoms with Crippen LogP contribution in [-0.4, -0.2) is 5.78 Å². The maximum atomic E-state index is 12.5. The Morgan fingerprint density at radius 2 is 1.71 bits per heavy atom. The van der Waals surface area contributed by atoms with Crippen LogP contribution in [0.1, 0.15) is 21.5 Å². The highest BCUT2D eigenvalue weighted by molar-refractivity contribution is 9.10. The van der Waals surface area contributed by atoms with Gasteiger partial charge in [-0.2, -0.15) is 13.2 Å². The van der Waals surface area contributed by atoms with Gasteiger partial charge in [0.05, 0.1) is 5.56 Å². The zero-order chi connectivity index (χ0) is 15.6. The molecule has 0 heterocycles. The molecular weight excluding hydrogens is 347 g/mol. The van der Waals surface area contributed by atoms with Crippen molar-refractivity contribution in [1.29, 1.82) is 0 Å². The van der Waals surface area contributed by atoms with Crippen LogP contribution in [0.15, 0.2) is 46.9 Å². The maximum Gasteiger partial charge on any atom is 0.416 e. The molecule has 0 amide bonds. The van der Waals surface area contributed by atoms with E-state index < -0.39 is 11.7 Å². The van der Waals surface area contributed by atoms with Gasteiger partial charge in [0.25, 0.3) is 0 Å². The van der Waals surface area contributed by atoms with E-state index in [0.29, 0.717) is 21.3 Å². The average Bonchev–Trinajstić information content (AvgIpc) is 2.41. The van der Waals surface area contributed by atoms with Crippen LogP contribution in [0.2, 0.25) is 0 Å². The summed E-state index contributed by atoms with van der Waals surface area (Å²) in [6.45, 7) is 0. The molecule has 0 fully saturated rings. The van der Waals surface area contributed by atoms with Crippen LogP contribution in [0, 0.1) is 0 Å². The number of nitrogen functional groups attached to an aromatic ring is 1. The largest absolute Gasteiger partial charge is 0.416 e. The molecule has 2 rings (SSSR count). The van der Waals surface area contributed by atoms with E-state index in [-0.39, 0.29) is 12.2 Å². The van der Waals surface area contributed by atoms with Crippen molar-refractivity contribution in [2.75, 3.05) is 5.73 Å². The first-order valence-electron chi connectivity index (χ1n) is 6.02. The van der Waals surface area contributed by atoms with Gasteiger partial charge in [0.1, 0.15) is 0 Å². The molecule has 0 atom stereocenters. The summed E-state index contributed by atoms with van der Waals surface area (Å²) < 4.78 is 38.0. The summed E-state index contributed by atoms with van der Waals surface area (Å²) in [7, 11) is 0. The molecule has 0 aliphatic carbocycles. The number of alkyl halides is 3. The Balaban J connectivity index is 2.18. The van der Waals surface area contributed by atoms with Gasteiger partial charge in [-0.05, 0) is 35.9 Å². The molecule has 2 nitrogen and oxygen atoms in total. The number of anilines is 1. The molecule has 0 aliphatic rings. The SMILES string of the molecule is Nc1ccc(Br)c(C(=O)Cc2ccc(C(F)(F)F)cc2)c1. The Morgan fingerprint density at radius 1 is 1.10 bits per heavy atom. The number of ketones is 1. The van der Waals surface area contributed by atoms with Crippen LogP contribution in [0.4, 0.5) is 18.9 Å². The van der Waals surface area contributed by atoms with E-state index in [1.807, 2.05) is 0 Å². The van der Waals surface area contributed by atoms with Gasteiger partial charge in [0, 0.05) is 22.1 Å². The van der Waals surface area contributed by atoms with Crippen molar-refractivity contribution in [2.24, 2.45) is 0 Å². The highest BCUT2D eigenvalue weighted by Crippen LogP contribution is 2.29. The average molecular weight is 358 g/mol. The minimum absolute atomic E-state index is 0.0141. The van der Waals surface area contributed by atoms with Crippen molar-refractivity contribution in [3.63, 3.8) is 0 Å². The molecule has 21 heavy (non-hydrogen) atoms. The number of rotatable bonds is 3. The van der Waals surface area contributed by atoms with Gasteiger partial charge < -0.3 is 5.73 Å². The minimum atomic E-state index is -4.38. The molecule has 0 spiro atoms. The number of nitrogens with two attached hydrogens (primary N) is 1. The third-order valence-corrected chi connectivity index (χ3v) is 3.63. The van der Waals surface area contributed by atoms with Crippen LogP contribution in [-0.2, 0) is 12.6 Å². The summed E-state index contributed by atoms with van der Waals surface area (Å²) in [5, 5.41) is 0. The Kier molecular flexibility index (Phi) is 4.37. The summed E-state index contributed by atoms with van der Waals surface area (Å²) in [4.78, 5) is 12.2. The van der Waals surface area contributed by atoms with Gasteiger partial charge >= 0.3 is 6.18 Å². The fourth-order valence-electron chi connectivity index (χ4n) is 1.85. The van der Waals surface area contributed by atoms with Crippen LogP contribution < -0.4 is 5.73 Å².